The summed E-state index contributed by atoms with van der Waals surface area (Å²) in [4.78, 5) is 43.2. The third-order valence-electron chi connectivity index (χ3n) is 13.7. The summed E-state index contributed by atoms with van der Waals surface area (Å²) in [6, 6.07) is 21.4. The minimum atomic E-state index is -4.71. The van der Waals surface area contributed by atoms with Crippen molar-refractivity contribution in [2.45, 2.75) is 127 Å². The molecule has 23 heteroatoms. The number of alkyl halides is 6. The number of piperidine rings is 2. The van der Waals surface area contributed by atoms with Crippen LogP contribution < -0.4 is 44.1 Å². The molecule has 5 aliphatic heterocycles. The monoisotopic (exact) mass is 1140 g/mol. The molecule has 0 bridgehead atoms. The molecule has 0 radical (unpaired) electrons. The molecule has 2 atom stereocenters. The van der Waals surface area contributed by atoms with Crippen LogP contribution in [-0.4, -0.2) is 115 Å². The molecule has 4 aromatic rings. The second kappa shape index (κ2) is 33.1. The topological polar surface area (TPSA) is 197 Å². The summed E-state index contributed by atoms with van der Waals surface area (Å²) in [5.41, 5.74) is 3.31. The maximum absolute atomic E-state index is 13.5. The molecule has 5 saturated heterocycles. The zero-order valence-electron chi connectivity index (χ0n) is 45.6. The number of ketones is 2. The van der Waals surface area contributed by atoms with Gasteiger partial charge < -0.3 is 35.3 Å². The summed E-state index contributed by atoms with van der Waals surface area (Å²) in [7, 11) is 0. The summed E-state index contributed by atoms with van der Waals surface area (Å²) in [6.07, 6.45) is 2.02. The number of carbonyl (C=O) groups excluding carboxylic acids is 2. The van der Waals surface area contributed by atoms with Crippen LogP contribution in [0.2, 0.25) is 5.15 Å². The molecule has 2 aromatic carbocycles. The van der Waals surface area contributed by atoms with Gasteiger partial charge in [-0.05, 0) is 112 Å². The van der Waals surface area contributed by atoms with Crippen molar-refractivity contribution in [1.82, 2.24) is 19.9 Å². The number of nitrogens with zero attached hydrogens (tertiary/aromatic N) is 8. The van der Waals surface area contributed by atoms with E-state index in [0.717, 1.165) is 63.2 Å². The van der Waals surface area contributed by atoms with Crippen LogP contribution in [0.3, 0.4) is 0 Å². The average molecular weight is 1140 g/mol. The zero-order chi connectivity index (χ0) is 55.9. The number of rotatable bonds is 14. The van der Waals surface area contributed by atoms with Crippen molar-refractivity contribution >= 4 is 34.8 Å². The number of hydrogen-bond donors (Lipinski definition) is 1. The first-order valence-electron chi connectivity index (χ1n) is 26.7. The zero-order valence-corrected chi connectivity index (χ0v) is 47.3. The van der Waals surface area contributed by atoms with Crippen molar-refractivity contribution in [2.75, 3.05) is 75.6 Å². The van der Waals surface area contributed by atoms with Crippen LogP contribution in [0, 0.1) is 34.5 Å². The van der Waals surface area contributed by atoms with E-state index in [1.54, 1.807) is 34.1 Å². The molecule has 5 fully saturated rings. The van der Waals surface area contributed by atoms with Gasteiger partial charge in [0.05, 0.1) is 42.6 Å². The molecule has 7 heterocycles. The van der Waals surface area contributed by atoms with Crippen LogP contribution in [0.4, 0.5) is 38.0 Å². The molecule has 0 saturated carbocycles. The molecule has 2 aromatic heterocycles. The van der Waals surface area contributed by atoms with Crippen LogP contribution in [-0.2, 0) is 49.0 Å². The molecular weight excluding hydrogens is 1070 g/mol. The first kappa shape index (κ1) is 64.8. The van der Waals surface area contributed by atoms with Gasteiger partial charge in [0.1, 0.15) is 34.5 Å². The van der Waals surface area contributed by atoms with Gasteiger partial charge in [-0.25, -0.2) is 15.0 Å². The van der Waals surface area contributed by atoms with Crippen molar-refractivity contribution in [3.8, 4) is 18.0 Å². The minimum Gasteiger partial charge on any atom is -1.00 e. The molecule has 0 spiro atoms. The summed E-state index contributed by atoms with van der Waals surface area (Å²) in [6.45, 7) is 6.13. The molecule has 79 heavy (non-hydrogen) atoms. The van der Waals surface area contributed by atoms with Gasteiger partial charge in [-0.3, -0.25) is 9.59 Å². The van der Waals surface area contributed by atoms with Gasteiger partial charge in [0.2, 0.25) is 17.5 Å². The van der Waals surface area contributed by atoms with E-state index in [2.05, 4.69) is 32.1 Å². The summed E-state index contributed by atoms with van der Waals surface area (Å²) in [5, 5.41) is 26.3. The van der Waals surface area contributed by atoms with Crippen molar-refractivity contribution in [3.05, 3.63) is 99.7 Å². The molecular formula is C56H68ClF6N8NaO7. The van der Waals surface area contributed by atoms with Crippen molar-refractivity contribution in [1.29, 1.82) is 10.5 Å². The van der Waals surface area contributed by atoms with Gasteiger partial charge in [0.25, 0.3) is 0 Å². The summed E-state index contributed by atoms with van der Waals surface area (Å²) in [5.74, 6) is -2.69. The standard InChI is InChI=1S/C26H29F3N4O3.C21H20ClF3N4O.C5H10O2.C4H8O.Na.H/c27-26(28,29)25-31-23(15-24(32-25)36-21-10-13-35-14-11-21)33-12-2-4-20(17-33)22(34)5-1-3-18-6-8-19(16-30)9-7-18;22-18-11-19(28-20(27-18)21(23,24)25)29-10-2-4-16(13-29)17(30)5-1-3-14-6-8-15(12-26)9-7-14;6-5-1-3-7-4-2-5;1-2-4-5-3-1;;/h6-9,15,20-21H,1-5,10-14,17H2;6-9,11,16H,1-5,10,13H2;5-6H,1-4H2;1-4H2;;/q;;;;+1;-1/t20-;16-;;;;/m11..../s1. The third-order valence-corrected chi connectivity index (χ3v) is 13.9. The Bertz CT molecular complexity index is 2590. The number of anilines is 2. The summed E-state index contributed by atoms with van der Waals surface area (Å²) >= 11 is 5.76. The quantitative estimate of drug-likeness (QED) is 0.0734. The fourth-order valence-electron chi connectivity index (χ4n) is 9.35. The molecule has 0 aliphatic carbocycles. The fourth-order valence-corrected chi connectivity index (χ4v) is 9.52. The molecule has 1 N–H and O–H groups in total. The molecule has 5 aliphatic rings. The maximum atomic E-state index is 13.5. The molecule has 424 valence electrons. The Morgan fingerprint density at radius 2 is 1.06 bits per heavy atom. The second-order valence-corrected chi connectivity index (χ2v) is 20.1. The number of halogens is 7. The Kier molecular flexibility index (Phi) is 27.2. The maximum Gasteiger partial charge on any atom is 1.00 e. The predicted octanol–water partition coefficient (Wildman–Crippen LogP) is 7.63. The van der Waals surface area contributed by atoms with E-state index in [0.29, 0.717) is 115 Å². The molecule has 0 amide bonds. The second-order valence-electron chi connectivity index (χ2n) is 19.7. The summed E-state index contributed by atoms with van der Waals surface area (Å²) < 4.78 is 100. The van der Waals surface area contributed by atoms with E-state index >= 15 is 0 Å². The number of ether oxygens (including phenoxy) is 4. The van der Waals surface area contributed by atoms with Crippen molar-refractivity contribution in [2.24, 2.45) is 11.8 Å². The van der Waals surface area contributed by atoms with Gasteiger partial charge in [-0.15, -0.1) is 0 Å². The van der Waals surface area contributed by atoms with Gasteiger partial charge >= 0.3 is 41.9 Å². The number of Topliss-reactive ketones (excluding diaryl/α,β-unsaturated/α-hetero) is 2. The van der Waals surface area contributed by atoms with Crippen LogP contribution in [0.5, 0.6) is 5.88 Å². The van der Waals surface area contributed by atoms with Crippen molar-refractivity contribution < 1.29 is 91.0 Å². The Labute approximate surface area is 486 Å². The number of hydrogen-bond acceptors (Lipinski definition) is 15. The molecule has 0 unspecified atom stereocenters. The smallest absolute Gasteiger partial charge is 1.00 e. The average Bonchev–Trinajstić information content (AvgIpc) is 4.05. The number of carbonyl (C=O) groups is 2. The van der Waals surface area contributed by atoms with Crippen LogP contribution >= 0.6 is 11.6 Å². The van der Waals surface area contributed by atoms with E-state index in [1.807, 2.05) is 24.3 Å². The third kappa shape index (κ3) is 22.5. The molecule has 15 nitrogen and oxygen atoms in total. The number of aryl methyl sites for hydroxylation is 2. The van der Waals surface area contributed by atoms with Gasteiger partial charge in [-0.1, -0.05) is 35.9 Å². The van der Waals surface area contributed by atoms with Crippen LogP contribution in [0.25, 0.3) is 0 Å². The minimum absolute atomic E-state index is 0. The first-order chi connectivity index (χ1) is 37.5. The van der Waals surface area contributed by atoms with E-state index in [4.69, 9.17) is 46.2 Å². The van der Waals surface area contributed by atoms with Crippen LogP contribution in [0.1, 0.15) is 125 Å². The Hall–Kier alpha value is -4.97. The normalized spacial score (nSPS) is 18.9. The van der Waals surface area contributed by atoms with E-state index < -0.39 is 24.0 Å². The number of benzene rings is 2. The number of nitriles is 2. The van der Waals surface area contributed by atoms with Crippen molar-refractivity contribution in [3.63, 3.8) is 0 Å². The fraction of sp³-hybridized carbons (Fsp3) is 0.571. The first-order valence-corrected chi connectivity index (χ1v) is 27.0. The Morgan fingerprint density at radius 1 is 0.633 bits per heavy atom. The van der Waals surface area contributed by atoms with Gasteiger partial charge in [0.15, 0.2) is 0 Å². The SMILES string of the molecule is C1CCOC1.N#Cc1ccc(CCCC(=O)[C@@H]2CCCN(c3cc(Cl)nc(C(F)(F)F)n3)C2)cc1.N#Cc1ccc(CCCC(=O)[C@@H]2CCCN(c3cc(OC4CCOCC4)nc(C(F)(F)F)n3)C2)cc1.OC1CCOCC1.[H-].[Na+]. The van der Waals surface area contributed by atoms with Gasteiger partial charge in [-0.2, -0.15) is 41.9 Å². The number of aliphatic hydroxyl groups excluding tert-OH is 1. The number of aromatic nitrogens is 4. The Morgan fingerprint density at radius 3 is 1.47 bits per heavy atom. The Balaban J connectivity index is 0.000000280. The van der Waals surface area contributed by atoms with E-state index in [-0.39, 0.29) is 89.3 Å². The largest absolute Gasteiger partial charge is 1.00 e. The van der Waals surface area contributed by atoms with E-state index in [1.165, 1.54) is 25.0 Å². The van der Waals surface area contributed by atoms with Crippen LogP contribution in [0.15, 0.2) is 60.7 Å². The van der Waals surface area contributed by atoms with E-state index in [9.17, 15) is 35.9 Å². The van der Waals surface area contributed by atoms with Gasteiger partial charge in [0, 0.05) is 102 Å². The number of aliphatic hydroxyl groups is 1. The molecule has 9 rings (SSSR count). The predicted molar refractivity (Wildman–Crippen MR) is 279 cm³/mol.